The minimum atomic E-state index is -3.78. The molecule has 0 saturated carbocycles. The van der Waals surface area contributed by atoms with Crippen molar-refractivity contribution in [1.82, 2.24) is 4.31 Å². The van der Waals surface area contributed by atoms with Crippen LogP contribution in [0.3, 0.4) is 0 Å². The Morgan fingerprint density at radius 3 is 2.45 bits per heavy atom. The van der Waals surface area contributed by atoms with Gasteiger partial charge in [-0.15, -0.1) is 0 Å². The monoisotopic (exact) mass is 476 g/mol. The third kappa shape index (κ3) is 5.15. The molecule has 1 amide bonds. The molecule has 11 heteroatoms. The van der Waals surface area contributed by atoms with E-state index in [4.69, 9.17) is 4.74 Å². The Hall–Kier alpha value is -3.02. The molecule has 0 unspecified atom stereocenters. The lowest BCUT2D eigenvalue weighted by Gasteiger charge is -2.31. The largest absolute Gasteiger partial charge is 0.378 e. The molecule has 33 heavy (non-hydrogen) atoms. The summed E-state index contributed by atoms with van der Waals surface area (Å²) in [5.74, 6) is -0.545. The fourth-order valence-corrected chi connectivity index (χ4v) is 5.28. The highest BCUT2D eigenvalue weighted by Gasteiger charge is 2.27. The second-order valence-electron chi connectivity index (χ2n) is 7.53. The molecule has 0 atom stereocenters. The molecule has 1 heterocycles. The van der Waals surface area contributed by atoms with Crippen LogP contribution in [-0.4, -0.2) is 62.9 Å². The van der Waals surface area contributed by atoms with Gasteiger partial charge in [0, 0.05) is 37.9 Å². The number of hydrogen-bond acceptors (Lipinski definition) is 7. The van der Waals surface area contributed by atoms with Gasteiger partial charge in [-0.25, -0.2) is 8.42 Å². The second-order valence-corrected chi connectivity index (χ2v) is 9.47. The molecule has 178 valence electrons. The number of hydrogen-bond donors (Lipinski definition) is 1. The highest BCUT2D eigenvalue weighted by atomic mass is 32.2. The lowest BCUT2D eigenvalue weighted by molar-refractivity contribution is -0.385. The van der Waals surface area contributed by atoms with Gasteiger partial charge in [-0.05, 0) is 31.2 Å². The van der Waals surface area contributed by atoms with Crippen LogP contribution in [0.5, 0.6) is 0 Å². The molecule has 3 rings (SSSR count). The number of morpholine rings is 1. The van der Waals surface area contributed by atoms with E-state index in [1.807, 2.05) is 4.90 Å². The van der Waals surface area contributed by atoms with Crippen molar-refractivity contribution in [2.75, 3.05) is 49.6 Å². The Morgan fingerprint density at radius 2 is 1.85 bits per heavy atom. The highest BCUT2D eigenvalue weighted by molar-refractivity contribution is 7.89. The Kier molecular flexibility index (Phi) is 7.67. The standard InChI is InChI=1S/C22H28N4O6S/c1-4-25(5-2)33(30,31)17-9-10-21(24-11-13-32-14-12-24)18(15-17)22(27)23-19-7-6-8-20(16(19)3)26(28)29/h6-10,15H,4-5,11-14H2,1-3H3,(H,23,27). The van der Waals surface area contributed by atoms with Crippen LogP contribution >= 0.6 is 0 Å². The molecule has 1 aliphatic heterocycles. The Balaban J connectivity index is 2.06. The van der Waals surface area contributed by atoms with Crippen molar-refractivity contribution in [3.05, 3.63) is 57.6 Å². The average molecular weight is 477 g/mol. The number of amides is 1. The van der Waals surface area contributed by atoms with E-state index in [-0.39, 0.29) is 16.1 Å². The first-order chi connectivity index (χ1) is 15.7. The van der Waals surface area contributed by atoms with Crippen molar-refractivity contribution in [3.8, 4) is 0 Å². The fraction of sp³-hybridized carbons (Fsp3) is 0.409. The maximum Gasteiger partial charge on any atom is 0.274 e. The molecule has 10 nitrogen and oxygen atoms in total. The summed E-state index contributed by atoms with van der Waals surface area (Å²) in [6, 6.07) is 8.95. The van der Waals surface area contributed by atoms with E-state index in [0.29, 0.717) is 56.3 Å². The summed E-state index contributed by atoms with van der Waals surface area (Å²) in [4.78, 5) is 26.1. The van der Waals surface area contributed by atoms with E-state index in [9.17, 15) is 23.3 Å². The topological polar surface area (TPSA) is 122 Å². The molecule has 0 aromatic heterocycles. The Bertz CT molecular complexity index is 1140. The third-order valence-corrected chi connectivity index (χ3v) is 7.70. The number of sulfonamides is 1. The SMILES string of the molecule is CCN(CC)S(=O)(=O)c1ccc(N2CCOCC2)c(C(=O)Nc2cccc([N+](=O)[O-])c2C)c1. The summed E-state index contributed by atoms with van der Waals surface area (Å²) in [5.41, 5.74) is 1.25. The Morgan fingerprint density at radius 1 is 1.18 bits per heavy atom. The van der Waals surface area contributed by atoms with E-state index in [0.717, 1.165) is 0 Å². The van der Waals surface area contributed by atoms with Crippen LogP contribution < -0.4 is 10.2 Å². The minimum absolute atomic E-state index is 0.0177. The average Bonchev–Trinajstić information content (AvgIpc) is 2.81. The summed E-state index contributed by atoms with van der Waals surface area (Å²) < 4.78 is 32.9. The number of nitrogens with zero attached hydrogens (tertiary/aromatic N) is 3. The normalized spacial score (nSPS) is 14.4. The van der Waals surface area contributed by atoms with Gasteiger partial charge in [0.15, 0.2) is 0 Å². The lowest BCUT2D eigenvalue weighted by atomic mass is 10.1. The van der Waals surface area contributed by atoms with Gasteiger partial charge in [-0.2, -0.15) is 4.31 Å². The van der Waals surface area contributed by atoms with E-state index in [2.05, 4.69) is 5.32 Å². The van der Waals surface area contributed by atoms with Crippen LogP contribution in [0.25, 0.3) is 0 Å². The molecule has 2 aromatic rings. The summed E-state index contributed by atoms with van der Waals surface area (Å²) in [7, 11) is -3.78. The smallest absolute Gasteiger partial charge is 0.274 e. The maximum atomic E-state index is 13.4. The van der Waals surface area contributed by atoms with E-state index in [1.165, 1.54) is 28.6 Å². The van der Waals surface area contributed by atoms with Crippen molar-refractivity contribution < 1.29 is 22.9 Å². The lowest BCUT2D eigenvalue weighted by Crippen LogP contribution is -2.37. The van der Waals surface area contributed by atoms with Crippen molar-refractivity contribution in [2.45, 2.75) is 25.7 Å². The van der Waals surface area contributed by atoms with Crippen LogP contribution in [0, 0.1) is 17.0 Å². The van der Waals surface area contributed by atoms with Gasteiger partial charge in [-0.1, -0.05) is 19.9 Å². The van der Waals surface area contributed by atoms with Gasteiger partial charge in [-0.3, -0.25) is 14.9 Å². The maximum absolute atomic E-state index is 13.4. The molecule has 0 aliphatic carbocycles. The quantitative estimate of drug-likeness (QED) is 0.459. The summed E-state index contributed by atoms with van der Waals surface area (Å²) >= 11 is 0. The summed E-state index contributed by atoms with van der Waals surface area (Å²) in [6.07, 6.45) is 0. The van der Waals surface area contributed by atoms with Crippen LogP contribution in [0.1, 0.15) is 29.8 Å². The fourth-order valence-electron chi connectivity index (χ4n) is 3.80. The van der Waals surface area contributed by atoms with Crippen molar-refractivity contribution >= 4 is 33.0 Å². The zero-order chi connectivity index (χ0) is 24.2. The van der Waals surface area contributed by atoms with Crippen molar-refractivity contribution in [3.63, 3.8) is 0 Å². The van der Waals surface area contributed by atoms with Crippen LogP contribution in [0.4, 0.5) is 17.1 Å². The number of carbonyl (C=O) groups excluding carboxylic acids is 1. The molecule has 0 bridgehead atoms. The zero-order valence-electron chi connectivity index (χ0n) is 18.9. The van der Waals surface area contributed by atoms with E-state index < -0.39 is 20.9 Å². The third-order valence-electron chi connectivity index (χ3n) is 5.66. The second kappa shape index (κ2) is 10.3. The zero-order valence-corrected chi connectivity index (χ0v) is 19.7. The van der Waals surface area contributed by atoms with Crippen LogP contribution in [0.2, 0.25) is 0 Å². The van der Waals surface area contributed by atoms with Gasteiger partial charge >= 0.3 is 0 Å². The predicted molar refractivity (Wildman–Crippen MR) is 125 cm³/mol. The number of nitro benzene ring substituents is 1. The first kappa shape index (κ1) is 24.6. The molecule has 1 aliphatic rings. The molecule has 1 fully saturated rings. The summed E-state index contributed by atoms with van der Waals surface area (Å²) in [6.45, 7) is 7.75. The molecular formula is C22H28N4O6S. The number of nitrogens with one attached hydrogen (secondary N) is 1. The number of ether oxygens (including phenoxy) is 1. The summed E-state index contributed by atoms with van der Waals surface area (Å²) in [5, 5.41) is 14.0. The first-order valence-electron chi connectivity index (χ1n) is 10.7. The molecule has 1 N–H and O–H groups in total. The minimum Gasteiger partial charge on any atom is -0.378 e. The van der Waals surface area contributed by atoms with Gasteiger partial charge in [0.2, 0.25) is 10.0 Å². The number of carbonyl (C=O) groups is 1. The number of rotatable bonds is 8. The van der Waals surface area contributed by atoms with Crippen molar-refractivity contribution in [1.29, 1.82) is 0 Å². The molecule has 1 saturated heterocycles. The van der Waals surface area contributed by atoms with Gasteiger partial charge in [0.1, 0.15) is 0 Å². The van der Waals surface area contributed by atoms with Gasteiger partial charge in [0.05, 0.1) is 39.8 Å². The van der Waals surface area contributed by atoms with Crippen LogP contribution in [-0.2, 0) is 14.8 Å². The van der Waals surface area contributed by atoms with E-state index in [1.54, 1.807) is 32.9 Å². The van der Waals surface area contributed by atoms with Crippen LogP contribution in [0.15, 0.2) is 41.3 Å². The molecule has 0 spiro atoms. The molecule has 0 radical (unpaired) electrons. The Labute approximate surface area is 193 Å². The molecule has 2 aromatic carbocycles. The molecular weight excluding hydrogens is 448 g/mol. The predicted octanol–water partition coefficient (Wildman–Crippen LogP) is 3.02. The number of nitro groups is 1. The van der Waals surface area contributed by atoms with Crippen molar-refractivity contribution in [2.24, 2.45) is 0 Å². The number of benzene rings is 2. The van der Waals surface area contributed by atoms with Gasteiger partial charge in [0.25, 0.3) is 11.6 Å². The van der Waals surface area contributed by atoms with Gasteiger partial charge < -0.3 is 15.0 Å². The first-order valence-corrected chi connectivity index (χ1v) is 12.2. The number of anilines is 2. The highest BCUT2D eigenvalue weighted by Crippen LogP contribution is 2.30. The van der Waals surface area contributed by atoms with E-state index >= 15 is 0 Å².